The lowest BCUT2D eigenvalue weighted by atomic mass is 9.99. The van der Waals surface area contributed by atoms with E-state index in [2.05, 4.69) is 55.4 Å². The lowest BCUT2D eigenvalue weighted by molar-refractivity contribution is -0.161. The highest BCUT2D eigenvalue weighted by Crippen LogP contribution is 2.45. The van der Waals surface area contributed by atoms with Gasteiger partial charge in [-0.05, 0) is 49.4 Å². The van der Waals surface area contributed by atoms with Crippen molar-refractivity contribution in [1.29, 1.82) is 0 Å². The number of carbonyl (C=O) groups is 4. The van der Waals surface area contributed by atoms with Crippen molar-refractivity contribution in [2.75, 3.05) is 39.6 Å². The SMILES string of the molecule is CCC(C)CCCCCCCCCCCCCCCCC(=O)OC[C@H](COP(=O)(O)OC[C@@H](O)COP(=O)(O)OC[C@@H](COC(=O)CCCCCCCCC(C)CC)OC(=O)CCCCCCCCCCCCCCC(C)C)OC(=O)CCCCCCCCCCC(C)C. The molecule has 0 saturated carbocycles. The summed E-state index contributed by atoms with van der Waals surface area (Å²) in [7, 11) is -9.91. The fraction of sp³-hybridized carbons (Fsp3) is 0.947. The van der Waals surface area contributed by atoms with Crippen molar-refractivity contribution in [3.05, 3.63) is 0 Å². The Balaban J connectivity index is 5.22. The van der Waals surface area contributed by atoms with Crippen LogP contribution < -0.4 is 0 Å². The van der Waals surface area contributed by atoms with E-state index in [9.17, 15) is 43.2 Å². The van der Waals surface area contributed by atoms with Crippen molar-refractivity contribution in [2.45, 2.75) is 395 Å². The second-order valence-electron chi connectivity index (χ2n) is 28.5. The lowest BCUT2D eigenvalue weighted by Gasteiger charge is -2.21. The predicted octanol–water partition coefficient (Wildman–Crippen LogP) is 21.7. The number of rotatable bonds is 72. The average molecular weight is 1380 g/mol. The quantitative estimate of drug-likeness (QED) is 0.0222. The Kier molecular flexibility index (Phi) is 63.1. The van der Waals surface area contributed by atoms with E-state index in [0.29, 0.717) is 25.7 Å². The Morgan fingerprint density at radius 3 is 0.755 bits per heavy atom. The summed E-state index contributed by atoms with van der Waals surface area (Å²) in [4.78, 5) is 72.7. The monoisotopic (exact) mass is 1380 g/mol. The highest BCUT2D eigenvalue weighted by molar-refractivity contribution is 7.47. The van der Waals surface area contributed by atoms with E-state index in [1.807, 2.05) is 0 Å². The van der Waals surface area contributed by atoms with Crippen LogP contribution >= 0.6 is 15.6 Å². The van der Waals surface area contributed by atoms with Gasteiger partial charge in [-0.2, -0.15) is 0 Å². The van der Waals surface area contributed by atoms with E-state index in [1.165, 1.54) is 173 Å². The van der Waals surface area contributed by atoms with E-state index in [0.717, 1.165) is 120 Å². The molecule has 0 aliphatic heterocycles. The number of esters is 4. The van der Waals surface area contributed by atoms with Crippen molar-refractivity contribution in [2.24, 2.45) is 23.7 Å². The van der Waals surface area contributed by atoms with E-state index in [4.69, 9.17) is 37.0 Å². The van der Waals surface area contributed by atoms with Crippen LogP contribution in [0, 0.1) is 23.7 Å². The molecule has 4 unspecified atom stereocenters. The Bertz CT molecular complexity index is 1850. The molecule has 0 aliphatic rings. The molecule has 0 rings (SSSR count). The highest BCUT2D eigenvalue weighted by atomic mass is 31.2. The molecule has 0 radical (unpaired) electrons. The molecule has 0 bridgehead atoms. The van der Waals surface area contributed by atoms with Crippen molar-refractivity contribution in [1.82, 2.24) is 0 Å². The number of aliphatic hydroxyl groups is 1. The molecule has 0 saturated heterocycles. The van der Waals surface area contributed by atoms with Gasteiger partial charge in [0.25, 0.3) is 0 Å². The molecule has 0 spiro atoms. The zero-order chi connectivity index (χ0) is 69.6. The first-order valence-corrected chi connectivity index (χ1v) is 41.8. The summed E-state index contributed by atoms with van der Waals surface area (Å²) in [5.74, 6) is 0.951. The van der Waals surface area contributed by atoms with Gasteiger partial charge in [0.15, 0.2) is 12.2 Å². The fourth-order valence-electron chi connectivity index (χ4n) is 11.3. The molecule has 3 N–H and O–H groups in total. The number of hydrogen-bond acceptors (Lipinski definition) is 15. The van der Waals surface area contributed by atoms with E-state index >= 15 is 0 Å². The van der Waals surface area contributed by atoms with Gasteiger partial charge in [-0.25, -0.2) is 9.13 Å². The van der Waals surface area contributed by atoms with Crippen molar-refractivity contribution in [3.8, 4) is 0 Å². The van der Waals surface area contributed by atoms with Crippen molar-refractivity contribution < 1.29 is 80.2 Å². The maximum absolute atomic E-state index is 13.1. The normalized spacial score (nSPS) is 14.7. The Morgan fingerprint density at radius 2 is 0.511 bits per heavy atom. The first-order valence-electron chi connectivity index (χ1n) is 38.8. The average Bonchev–Trinajstić information content (AvgIpc) is 1.33. The third-order valence-electron chi connectivity index (χ3n) is 18.0. The summed E-state index contributed by atoms with van der Waals surface area (Å²) in [6.07, 6.45) is 48.6. The first-order chi connectivity index (χ1) is 45.2. The second kappa shape index (κ2) is 64.4. The Hall–Kier alpha value is -1.94. The van der Waals surface area contributed by atoms with Crippen LogP contribution in [-0.4, -0.2) is 96.7 Å². The van der Waals surface area contributed by atoms with E-state index in [-0.39, 0.29) is 25.7 Å². The molecule has 0 amide bonds. The number of unbranched alkanes of at least 4 members (excludes halogenated alkanes) is 36. The molecule has 0 aromatic rings. The predicted molar refractivity (Wildman–Crippen MR) is 381 cm³/mol. The van der Waals surface area contributed by atoms with Crippen LogP contribution in [0.25, 0.3) is 0 Å². The number of hydrogen-bond donors (Lipinski definition) is 3. The molecule has 94 heavy (non-hydrogen) atoms. The number of carbonyl (C=O) groups excluding carboxylic acids is 4. The van der Waals surface area contributed by atoms with Gasteiger partial charge >= 0.3 is 39.5 Å². The molecule has 558 valence electrons. The molecular weight excluding hydrogens is 1230 g/mol. The molecule has 0 fully saturated rings. The van der Waals surface area contributed by atoms with Crippen molar-refractivity contribution in [3.63, 3.8) is 0 Å². The maximum Gasteiger partial charge on any atom is 0.472 e. The first kappa shape index (κ1) is 92.1. The van der Waals surface area contributed by atoms with Gasteiger partial charge in [-0.3, -0.25) is 37.3 Å². The number of aliphatic hydroxyl groups excluding tert-OH is 1. The molecule has 0 aromatic heterocycles. The van der Waals surface area contributed by atoms with Crippen LogP contribution in [0.3, 0.4) is 0 Å². The van der Waals surface area contributed by atoms with Crippen LogP contribution in [0.1, 0.15) is 376 Å². The topological polar surface area (TPSA) is 237 Å². The minimum atomic E-state index is -4.96. The summed E-state index contributed by atoms with van der Waals surface area (Å²) in [6.45, 7) is 14.2. The summed E-state index contributed by atoms with van der Waals surface area (Å²) < 4.78 is 68.5. The largest absolute Gasteiger partial charge is 0.472 e. The molecule has 7 atom stereocenters. The maximum atomic E-state index is 13.1. The molecular formula is C75H146O17P2. The van der Waals surface area contributed by atoms with Gasteiger partial charge in [0, 0.05) is 25.7 Å². The molecule has 0 heterocycles. The minimum Gasteiger partial charge on any atom is -0.462 e. The highest BCUT2D eigenvalue weighted by Gasteiger charge is 2.30. The van der Waals surface area contributed by atoms with Gasteiger partial charge in [-0.15, -0.1) is 0 Å². The number of phosphoric acid groups is 2. The molecule has 19 heteroatoms. The Morgan fingerprint density at radius 1 is 0.298 bits per heavy atom. The number of ether oxygens (including phenoxy) is 4. The van der Waals surface area contributed by atoms with Crippen LogP contribution in [0.4, 0.5) is 0 Å². The standard InChI is InChI=1S/C75H146O17P2/c1-9-67(7)53-45-37-29-22-18-13-11-12-14-19-23-30-39-47-55-72(77)85-61-70(92-75(80)58-50-42-32-26-25-28-36-44-52-66(5)6)63-89-93(81,82)87-59-69(76)60-88-94(83,84)90-64-71(62-86-73(78)56-48-40-34-33-38-46-54-68(8)10-2)91-74(79)57-49-41-31-24-20-16-15-17-21-27-35-43-51-65(3)4/h65-71,76H,9-64H2,1-8H3,(H,81,82)(H,83,84)/t67?,68?,69-,70-,71-/m1/s1. The summed E-state index contributed by atoms with van der Waals surface area (Å²) >= 11 is 0. The van der Waals surface area contributed by atoms with Crippen LogP contribution in [0.5, 0.6) is 0 Å². The molecule has 0 aliphatic carbocycles. The molecule has 0 aromatic carbocycles. The van der Waals surface area contributed by atoms with E-state index < -0.39 is 97.5 Å². The Labute approximate surface area is 575 Å². The summed E-state index contributed by atoms with van der Waals surface area (Å²) in [5, 5.41) is 10.6. The zero-order valence-corrected chi connectivity index (χ0v) is 63.4. The zero-order valence-electron chi connectivity index (χ0n) is 61.6. The van der Waals surface area contributed by atoms with Gasteiger partial charge in [0.2, 0.25) is 0 Å². The summed E-state index contributed by atoms with van der Waals surface area (Å²) in [5.41, 5.74) is 0. The van der Waals surface area contributed by atoms with Crippen molar-refractivity contribution >= 4 is 39.5 Å². The third-order valence-corrected chi connectivity index (χ3v) is 19.9. The second-order valence-corrected chi connectivity index (χ2v) is 31.4. The van der Waals surface area contributed by atoms with Crippen LogP contribution in [0.2, 0.25) is 0 Å². The van der Waals surface area contributed by atoms with Gasteiger partial charge in [0.05, 0.1) is 26.4 Å². The van der Waals surface area contributed by atoms with E-state index in [1.54, 1.807) is 0 Å². The van der Waals surface area contributed by atoms with Crippen LogP contribution in [0.15, 0.2) is 0 Å². The molecule has 17 nitrogen and oxygen atoms in total. The van der Waals surface area contributed by atoms with Gasteiger partial charge < -0.3 is 33.8 Å². The third kappa shape index (κ3) is 66.0. The minimum absolute atomic E-state index is 0.104. The van der Waals surface area contributed by atoms with Gasteiger partial charge in [-0.1, -0.05) is 325 Å². The lowest BCUT2D eigenvalue weighted by Crippen LogP contribution is -2.30. The summed E-state index contributed by atoms with van der Waals surface area (Å²) in [6, 6.07) is 0. The fourth-order valence-corrected chi connectivity index (χ4v) is 12.9. The van der Waals surface area contributed by atoms with Crippen LogP contribution in [-0.2, 0) is 65.4 Å². The van der Waals surface area contributed by atoms with Gasteiger partial charge in [0.1, 0.15) is 19.3 Å². The smallest absolute Gasteiger partial charge is 0.462 e. The number of phosphoric ester groups is 2.